The van der Waals surface area contributed by atoms with E-state index in [0.717, 1.165) is 19.5 Å². The van der Waals surface area contributed by atoms with Gasteiger partial charge in [0.25, 0.3) is 0 Å². The highest BCUT2D eigenvalue weighted by atomic mass is 16.4. The van der Waals surface area contributed by atoms with E-state index in [1.54, 1.807) is 12.3 Å². The number of piperidine rings is 1. The van der Waals surface area contributed by atoms with Crippen molar-refractivity contribution in [3.63, 3.8) is 0 Å². The summed E-state index contributed by atoms with van der Waals surface area (Å²) >= 11 is 0. The van der Waals surface area contributed by atoms with Gasteiger partial charge in [-0.25, -0.2) is 9.97 Å². The fraction of sp³-hybridized carbons (Fsp3) is 0.583. The predicted molar refractivity (Wildman–Crippen MR) is 69.8 cm³/mol. The van der Waals surface area contributed by atoms with Crippen molar-refractivity contribution in [2.45, 2.75) is 26.7 Å². The quantitative estimate of drug-likeness (QED) is 0.356. The van der Waals surface area contributed by atoms with E-state index in [0.29, 0.717) is 11.6 Å². The molecule has 0 unspecified atom stereocenters. The number of hydrogen-bond acceptors (Lipinski definition) is 5. The van der Waals surface area contributed by atoms with Gasteiger partial charge in [-0.2, -0.15) is 0 Å². The van der Waals surface area contributed by atoms with Gasteiger partial charge in [-0.3, -0.25) is 0 Å². The third-order valence-electron chi connectivity index (χ3n) is 3.20. The number of oxime groups is 1. The van der Waals surface area contributed by atoms with Gasteiger partial charge in [0.15, 0.2) is 5.84 Å². The highest BCUT2D eigenvalue weighted by molar-refractivity contribution is 5.95. The smallest absolute Gasteiger partial charge is 0.225 e. The Morgan fingerprint density at radius 2 is 2.33 bits per heavy atom. The summed E-state index contributed by atoms with van der Waals surface area (Å²) < 4.78 is 0. The van der Waals surface area contributed by atoms with Crippen LogP contribution in [0.15, 0.2) is 17.4 Å². The lowest BCUT2D eigenvalue weighted by molar-refractivity contribution is 0.291. The minimum atomic E-state index is 0.00918. The van der Waals surface area contributed by atoms with Gasteiger partial charge in [0.05, 0.1) is 0 Å². The number of nitrogens with two attached hydrogens (primary N) is 1. The maximum atomic E-state index is 8.66. The van der Waals surface area contributed by atoms with E-state index in [9.17, 15) is 0 Å². The van der Waals surface area contributed by atoms with E-state index in [2.05, 4.69) is 33.9 Å². The van der Waals surface area contributed by atoms with E-state index < -0.39 is 0 Å². The molecule has 0 bridgehead atoms. The molecule has 1 aromatic rings. The molecule has 1 aliphatic rings. The first-order valence-electron chi connectivity index (χ1n) is 6.08. The zero-order valence-electron chi connectivity index (χ0n) is 10.8. The second-order valence-electron chi connectivity index (χ2n) is 5.42. The molecule has 0 amide bonds. The summed E-state index contributed by atoms with van der Waals surface area (Å²) in [7, 11) is 0. The molecule has 1 fully saturated rings. The molecule has 0 aromatic carbocycles. The molecule has 6 nitrogen and oxygen atoms in total. The van der Waals surface area contributed by atoms with E-state index >= 15 is 0 Å². The van der Waals surface area contributed by atoms with Crippen LogP contribution < -0.4 is 10.6 Å². The largest absolute Gasteiger partial charge is 0.409 e. The van der Waals surface area contributed by atoms with Crippen LogP contribution >= 0.6 is 0 Å². The number of rotatable bonds is 2. The van der Waals surface area contributed by atoms with Gasteiger partial charge >= 0.3 is 0 Å². The molecule has 0 saturated carbocycles. The minimum absolute atomic E-state index is 0.00918. The second kappa shape index (κ2) is 4.80. The summed E-state index contributed by atoms with van der Waals surface area (Å²) in [5.74, 6) is 0.654. The Labute approximate surface area is 107 Å². The maximum Gasteiger partial charge on any atom is 0.225 e. The average Bonchev–Trinajstić information content (AvgIpc) is 2.37. The topological polar surface area (TPSA) is 87.6 Å². The molecule has 1 saturated heterocycles. The van der Waals surface area contributed by atoms with Gasteiger partial charge in [-0.15, -0.1) is 0 Å². The van der Waals surface area contributed by atoms with Crippen LogP contribution in [0.3, 0.4) is 0 Å². The minimum Gasteiger partial charge on any atom is -0.409 e. The van der Waals surface area contributed by atoms with Crippen LogP contribution in [0.1, 0.15) is 32.4 Å². The molecule has 2 heterocycles. The standard InChI is InChI=1S/C12H19N5O/c1-12(2)5-3-7-17(8-12)11-14-6-4-9(15-11)10(13)16-18/h4,6,18H,3,5,7-8H2,1-2H3,(H2,13,16). The van der Waals surface area contributed by atoms with E-state index in [1.165, 1.54) is 6.42 Å². The maximum absolute atomic E-state index is 8.66. The molecule has 6 heteroatoms. The van der Waals surface area contributed by atoms with Crippen LogP contribution in [-0.4, -0.2) is 34.1 Å². The van der Waals surface area contributed by atoms with Crippen LogP contribution in [0.4, 0.5) is 5.95 Å². The van der Waals surface area contributed by atoms with Crippen molar-refractivity contribution in [2.75, 3.05) is 18.0 Å². The highest BCUT2D eigenvalue weighted by Crippen LogP contribution is 2.29. The Morgan fingerprint density at radius 3 is 3.00 bits per heavy atom. The fourth-order valence-electron chi connectivity index (χ4n) is 2.29. The first kappa shape index (κ1) is 12.6. The zero-order valence-corrected chi connectivity index (χ0v) is 10.8. The highest BCUT2D eigenvalue weighted by Gasteiger charge is 2.27. The molecular weight excluding hydrogens is 230 g/mol. The van der Waals surface area contributed by atoms with Gasteiger partial charge in [0, 0.05) is 19.3 Å². The SMILES string of the molecule is CC1(C)CCCN(c2nccc(/C(N)=N/O)n2)C1. The number of hydrogen-bond donors (Lipinski definition) is 2. The number of amidine groups is 1. The van der Waals surface area contributed by atoms with Gasteiger partial charge in [-0.1, -0.05) is 19.0 Å². The fourth-order valence-corrected chi connectivity index (χ4v) is 2.29. The molecule has 98 valence electrons. The summed E-state index contributed by atoms with van der Waals surface area (Å²) in [5, 5.41) is 11.6. The second-order valence-corrected chi connectivity index (χ2v) is 5.42. The van der Waals surface area contributed by atoms with Crippen LogP contribution in [0.5, 0.6) is 0 Å². The van der Waals surface area contributed by atoms with Crippen molar-refractivity contribution in [3.8, 4) is 0 Å². The molecule has 0 atom stereocenters. The molecule has 0 aliphatic carbocycles. The van der Waals surface area contributed by atoms with Crippen molar-refractivity contribution in [3.05, 3.63) is 18.0 Å². The Kier molecular flexibility index (Phi) is 3.36. The summed E-state index contributed by atoms with van der Waals surface area (Å²) in [4.78, 5) is 10.8. The molecule has 3 N–H and O–H groups in total. The number of aromatic nitrogens is 2. The number of anilines is 1. The summed E-state index contributed by atoms with van der Waals surface area (Å²) in [6, 6.07) is 1.63. The van der Waals surface area contributed by atoms with Crippen molar-refractivity contribution in [2.24, 2.45) is 16.3 Å². The lowest BCUT2D eigenvalue weighted by Gasteiger charge is -2.38. The summed E-state index contributed by atoms with van der Waals surface area (Å²) in [5.41, 5.74) is 6.26. The zero-order chi connectivity index (χ0) is 13.2. The first-order chi connectivity index (χ1) is 8.52. The van der Waals surface area contributed by atoms with E-state index in [4.69, 9.17) is 10.9 Å². The predicted octanol–water partition coefficient (Wildman–Crippen LogP) is 1.20. The third kappa shape index (κ3) is 2.69. The van der Waals surface area contributed by atoms with Gasteiger partial charge in [0.1, 0.15) is 5.69 Å². The Morgan fingerprint density at radius 1 is 1.56 bits per heavy atom. The van der Waals surface area contributed by atoms with Crippen molar-refractivity contribution in [1.29, 1.82) is 0 Å². The van der Waals surface area contributed by atoms with E-state index in [-0.39, 0.29) is 11.3 Å². The lowest BCUT2D eigenvalue weighted by Crippen LogP contribution is -2.41. The molecule has 0 spiro atoms. The van der Waals surface area contributed by atoms with Crippen molar-refractivity contribution >= 4 is 11.8 Å². The normalized spacial score (nSPS) is 19.9. The van der Waals surface area contributed by atoms with E-state index in [1.807, 2.05) is 0 Å². The Bertz CT molecular complexity index is 458. The van der Waals surface area contributed by atoms with Crippen LogP contribution in [0.25, 0.3) is 0 Å². The average molecular weight is 249 g/mol. The summed E-state index contributed by atoms with van der Waals surface area (Å²) in [6.45, 7) is 6.36. The van der Waals surface area contributed by atoms with Crippen LogP contribution in [-0.2, 0) is 0 Å². The first-order valence-corrected chi connectivity index (χ1v) is 6.08. The lowest BCUT2D eigenvalue weighted by atomic mass is 9.84. The number of nitrogens with zero attached hydrogens (tertiary/aromatic N) is 4. The Balaban J connectivity index is 2.23. The Hall–Kier alpha value is -1.85. The van der Waals surface area contributed by atoms with Crippen LogP contribution in [0.2, 0.25) is 0 Å². The third-order valence-corrected chi connectivity index (χ3v) is 3.20. The summed E-state index contributed by atoms with van der Waals surface area (Å²) in [6.07, 6.45) is 3.98. The molecular formula is C12H19N5O. The monoisotopic (exact) mass is 249 g/mol. The molecule has 18 heavy (non-hydrogen) atoms. The van der Waals surface area contributed by atoms with Gasteiger partial charge in [-0.05, 0) is 24.3 Å². The van der Waals surface area contributed by atoms with Crippen molar-refractivity contribution in [1.82, 2.24) is 9.97 Å². The molecule has 2 rings (SSSR count). The van der Waals surface area contributed by atoms with Crippen LogP contribution in [0, 0.1) is 5.41 Å². The van der Waals surface area contributed by atoms with Gasteiger partial charge in [0.2, 0.25) is 5.95 Å². The molecule has 1 aromatic heterocycles. The van der Waals surface area contributed by atoms with Crippen molar-refractivity contribution < 1.29 is 5.21 Å². The van der Waals surface area contributed by atoms with Gasteiger partial charge < -0.3 is 15.8 Å². The molecule has 1 aliphatic heterocycles. The molecule has 0 radical (unpaired) electrons.